The fourth-order valence-electron chi connectivity index (χ4n) is 2.75. The van der Waals surface area contributed by atoms with Gasteiger partial charge in [-0.3, -0.25) is 4.79 Å². The lowest BCUT2D eigenvalue weighted by atomic mass is 9.76. The molecule has 0 fully saturated rings. The predicted octanol–water partition coefficient (Wildman–Crippen LogP) is 2.66. The second-order valence-corrected chi connectivity index (χ2v) is 6.34. The number of aryl methyl sites for hydroxylation is 2. The van der Waals surface area contributed by atoms with Gasteiger partial charge >= 0.3 is 0 Å². The molecule has 1 N–H and O–H groups in total. The highest BCUT2D eigenvalue weighted by Crippen LogP contribution is 2.32. The zero-order valence-electron chi connectivity index (χ0n) is 12.2. The second-order valence-electron chi connectivity index (χ2n) is 6.34. The molecule has 0 saturated carbocycles. The normalized spacial score (nSPS) is 16.8. The molecule has 4 heteroatoms. The van der Waals surface area contributed by atoms with Crippen LogP contribution in [0.5, 0.6) is 0 Å². The molecule has 0 aliphatic heterocycles. The first kappa shape index (κ1) is 13.0. The van der Waals surface area contributed by atoms with E-state index in [9.17, 15) is 4.79 Å². The number of H-pyrrole nitrogens is 1. The average molecular weight is 269 g/mol. The van der Waals surface area contributed by atoms with Crippen LogP contribution in [0.2, 0.25) is 0 Å². The van der Waals surface area contributed by atoms with Crippen molar-refractivity contribution in [3.8, 4) is 11.5 Å². The first-order valence-electron chi connectivity index (χ1n) is 7.01. The summed E-state index contributed by atoms with van der Waals surface area (Å²) in [4.78, 5) is 24.3. The van der Waals surface area contributed by atoms with Gasteiger partial charge in [0.25, 0.3) is 5.56 Å². The van der Waals surface area contributed by atoms with Gasteiger partial charge < -0.3 is 4.98 Å². The molecule has 0 saturated heterocycles. The first-order chi connectivity index (χ1) is 9.44. The molecule has 0 atom stereocenters. The number of aromatic amines is 1. The van der Waals surface area contributed by atoms with Crippen LogP contribution < -0.4 is 5.56 Å². The van der Waals surface area contributed by atoms with Gasteiger partial charge in [0.05, 0.1) is 5.69 Å². The third kappa shape index (κ3) is 2.38. The molecular weight excluding hydrogens is 250 g/mol. The number of aromatic nitrogens is 3. The van der Waals surface area contributed by atoms with Gasteiger partial charge in [-0.2, -0.15) is 0 Å². The molecule has 1 aliphatic carbocycles. The lowest BCUT2D eigenvalue weighted by molar-refractivity contribution is 0.310. The molecule has 2 aromatic heterocycles. The van der Waals surface area contributed by atoms with Crippen LogP contribution in [0.4, 0.5) is 0 Å². The molecule has 0 spiro atoms. The number of pyridine rings is 1. The van der Waals surface area contributed by atoms with E-state index >= 15 is 0 Å². The van der Waals surface area contributed by atoms with Gasteiger partial charge in [0.1, 0.15) is 5.69 Å². The third-order valence-electron chi connectivity index (χ3n) is 3.93. The van der Waals surface area contributed by atoms with E-state index in [1.165, 1.54) is 0 Å². The Labute approximate surface area is 118 Å². The van der Waals surface area contributed by atoms with Gasteiger partial charge in [0.2, 0.25) is 0 Å². The summed E-state index contributed by atoms with van der Waals surface area (Å²) in [6.07, 6.45) is 2.73. The van der Waals surface area contributed by atoms with E-state index in [2.05, 4.69) is 28.8 Å². The topological polar surface area (TPSA) is 58.6 Å². The van der Waals surface area contributed by atoms with Gasteiger partial charge in [-0.05, 0) is 43.7 Å². The number of nitrogens with zero attached hydrogens (tertiary/aromatic N) is 2. The quantitative estimate of drug-likeness (QED) is 0.865. The van der Waals surface area contributed by atoms with E-state index in [1.807, 2.05) is 25.1 Å². The molecule has 2 aromatic rings. The van der Waals surface area contributed by atoms with Crippen molar-refractivity contribution in [3.63, 3.8) is 0 Å². The summed E-state index contributed by atoms with van der Waals surface area (Å²) in [5.41, 5.74) is 3.61. The van der Waals surface area contributed by atoms with Gasteiger partial charge in [0, 0.05) is 11.3 Å². The van der Waals surface area contributed by atoms with E-state index < -0.39 is 0 Å². The summed E-state index contributed by atoms with van der Waals surface area (Å²) in [6, 6.07) is 5.74. The monoisotopic (exact) mass is 269 g/mol. The highest BCUT2D eigenvalue weighted by atomic mass is 16.1. The lowest BCUT2D eigenvalue weighted by Gasteiger charge is -2.29. The second kappa shape index (κ2) is 4.54. The summed E-state index contributed by atoms with van der Waals surface area (Å²) >= 11 is 0. The van der Waals surface area contributed by atoms with Gasteiger partial charge in [-0.25, -0.2) is 9.97 Å². The molecule has 0 aromatic carbocycles. The van der Waals surface area contributed by atoms with E-state index in [-0.39, 0.29) is 11.0 Å². The number of rotatable bonds is 1. The van der Waals surface area contributed by atoms with E-state index in [0.29, 0.717) is 5.82 Å². The largest absolute Gasteiger partial charge is 0.305 e. The SMILES string of the molecule is Cc1cccc(-c2nc3c(c(=O)[nH]2)CC(C)(C)CC3)n1. The lowest BCUT2D eigenvalue weighted by Crippen LogP contribution is -2.30. The molecule has 2 heterocycles. The third-order valence-corrected chi connectivity index (χ3v) is 3.93. The van der Waals surface area contributed by atoms with Crippen LogP contribution in [0.1, 0.15) is 37.2 Å². The summed E-state index contributed by atoms with van der Waals surface area (Å²) in [6.45, 7) is 6.33. The average Bonchev–Trinajstić information content (AvgIpc) is 2.39. The van der Waals surface area contributed by atoms with Crippen molar-refractivity contribution in [2.75, 3.05) is 0 Å². The summed E-state index contributed by atoms with van der Waals surface area (Å²) in [5, 5.41) is 0. The Hall–Kier alpha value is -1.97. The van der Waals surface area contributed by atoms with Gasteiger partial charge in [-0.1, -0.05) is 19.9 Å². The Morgan fingerprint density at radius 2 is 2.05 bits per heavy atom. The molecule has 0 bridgehead atoms. The zero-order chi connectivity index (χ0) is 14.3. The Balaban J connectivity index is 2.09. The summed E-state index contributed by atoms with van der Waals surface area (Å²) in [5.74, 6) is 0.581. The molecular formula is C16H19N3O. The Bertz CT molecular complexity index is 716. The number of hydrogen-bond donors (Lipinski definition) is 1. The van der Waals surface area contributed by atoms with Crippen LogP contribution in [-0.4, -0.2) is 15.0 Å². The minimum Gasteiger partial charge on any atom is -0.305 e. The van der Waals surface area contributed by atoms with Gasteiger partial charge in [-0.15, -0.1) is 0 Å². The van der Waals surface area contributed by atoms with Gasteiger partial charge in [0.15, 0.2) is 5.82 Å². The molecule has 0 amide bonds. The van der Waals surface area contributed by atoms with Crippen LogP contribution in [0.15, 0.2) is 23.0 Å². The molecule has 20 heavy (non-hydrogen) atoms. The standard InChI is InChI=1S/C16H19N3O/c1-10-5-4-6-13(17-10)14-18-12-7-8-16(2,3)9-11(12)15(20)19-14/h4-6H,7-9H2,1-3H3,(H,18,19,20). The van der Waals surface area contributed by atoms with Crippen molar-refractivity contribution in [1.29, 1.82) is 0 Å². The maximum absolute atomic E-state index is 12.3. The zero-order valence-corrected chi connectivity index (χ0v) is 12.2. The Kier molecular flexibility index (Phi) is 2.96. The maximum atomic E-state index is 12.3. The smallest absolute Gasteiger partial charge is 0.254 e. The summed E-state index contributed by atoms with van der Waals surface area (Å²) < 4.78 is 0. The van der Waals surface area contributed by atoms with Crippen molar-refractivity contribution >= 4 is 0 Å². The molecule has 1 aliphatic rings. The van der Waals surface area contributed by atoms with Crippen LogP contribution in [-0.2, 0) is 12.8 Å². The Morgan fingerprint density at radius 3 is 2.80 bits per heavy atom. The van der Waals surface area contributed by atoms with Crippen molar-refractivity contribution in [2.45, 2.75) is 40.0 Å². The number of nitrogens with one attached hydrogen (secondary N) is 1. The van der Waals surface area contributed by atoms with Crippen LogP contribution >= 0.6 is 0 Å². The highest BCUT2D eigenvalue weighted by Gasteiger charge is 2.28. The summed E-state index contributed by atoms with van der Waals surface area (Å²) in [7, 11) is 0. The number of hydrogen-bond acceptors (Lipinski definition) is 3. The van der Waals surface area contributed by atoms with Crippen LogP contribution in [0.3, 0.4) is 0 Å². The molecule has 4 nitrogen and oxygen atoms in total. The van der Waals surface area contributed by atoms with Crippen LogP contribution in [0, 0.1) is 12.3 Å². The Morgan fingerprint density at radius 1 is 1.25 bits per heavy atom. The predicted molar refractivity (Wildman–Crippen MR) is 78.6 cm³/mol. The van der Waals surface area contributed by atoms with E-state index in [4.69, 9.17) is 0 Å². The molecule has 0 unspecified atom stereocenters. The van der Waals surface area contributed by atoms with Crippen LogP contribution in [0.25, 0.3) is 11.5 Å². The van der Waals surface area contributed by atoms with E-state index in [1.54, 1.807) is 0 Å². The molecule has 3 rings (SSSR count). The first-order valence-corrected chi connectivity index (χ1v) is 7.01. The minimum absolute atomic E-state index is 0.0129. The fourth-order valence-corrected chi connectivity index (χ4v) is 2.75. The van der Waals surface area contributed by atoms with Crippen molar-refractivity contribution in [1.82, 2.24) is 15.0 Å². The van der Waals surface area contributed by atoms with Crippen molar-refractivity contribution in [2.24, 2.45) is 5.41 Å². The highest BCUT2D eigenvalue weighted by molar-refractivity contribution is 5.49. The number of fused-ring (bicyclic) bond motifs is 1. The minimum atomic E-state index is -0.0129. The maximum Gasteiger partial charge on any atom is 0.254 e. The van der Waals surface area contributed by atoms with Crippen molar-refractivity contribution in [3.05, 3.63) is 45.5 Å². The van der Waals surface area contributed by atoms with E-state index in [0.717, 1.165) is 41.9 Å². The molecule has 0 radical (unpaired) electrons. The molecule has 104 valence electrons. The fraction of sp³-hybridized carbons (Fsp3) is 0.438. The van der Waals surface area contributed by atoms with Crippen molar-refractivity contribution < 1.29 is 0 Å².